The van der Waals surface area contributed by atoms with Gasteiger partial charge in [0.15, 0.2) is 0 Å². The van der Waals surface area contributed by atoms with Gasteiger partial charge in [-0.25, -0.2) is 0 Å². The Morgan fingerprint density at radius 2 is 1.09 bits per heavy atom. The molecule has 1 nitrogen and oxygen atoms in total. The Bertz CT molecular complexity index is 876. The minimum Gasteiger partial charge on any atom is -0.407 e. The number of hydrogen-bond donors (Lipinski definition) is 0. The first-order valence-electron chi connectivity index (χ1n) is 12.1. The zero-order valence-electron chi connectivity index (χ0n) is 20.6. The summed E-state index contributed by atoms with van der Waals surface area (Å²) in [6.07, 6.45) is 3.59. The van der Waals surface area contributed by atoms with Crippen molar-refractivity contribution in [3.63, 3.8) is 0 Å². The summed E-state index contributed by atoms with van der Waals surface area (Å²) in [6.45, 7) is 12.6. The lowest BCUT2D eigenvalue weighted by Gasteiger charge is -2.43. The second kappa shape index (κ2) is 11.1. The molecular weight excluding hydrogens is 404 g/mol. The van der Waals surface area contributed by atoms with Crippen LogP contribution in [0.25, 0.3) is 0 Å². The smallest absolute Gasteiger partial charge is 0.261 e. The van der Waals surface area contributed by atoms with Crippen molar-refractivity contribution in [1.82, 2.24) is 0 Å². The second-order valence-electron chi connectivity index (χ2n) is 10.5. The van der Waals surface area contributed by atoms with Crippen molar-refractivity contribution in [2.24, 2.45) is 11.8 Å². The van der Waals surface area contributed by atoms with Crippen molar-refractivity contribution in [3.05, 3.63) is 96.6 Å². The summed E-state index contributed by atoms with van der Waals surface area (Å²) in [4.78, 5) is 0. The van der Waals surface area contributed by atoms with E-state index in [0.717, 1.165) is 13.0 Å². The molecule has 0 heterocycles. The summed E-state index contributed by atoms with van der Waals surface area (Å²) in [5.74, 6) is 1.22. The van der Waals surface area contributed by atoms with E-state index in [1.165, 1.54) is 28.8 Å². The molecule has 0 amide bonds. The molecule has 3 aromatic carbocycles. The molecule has 0 saturated heterocycles. The quantitative estimate of drug-likeness (QED) is 0.310. The maximum Gasteiger partial charge on any atom is 0.261 e. The number of hydrogen-bond acceptors (Lipinski definition) is 1. The van der Waals surface area contributed by atoms with Crippen LogP contribution in [0.15, 0.2) is 91.0 Å². The van der Waals surface area contributed by atoms with Crippen molar-refractivity contribution in [2.75, 3.05) is 6.61 Å². The SMILES string of the molecule is C[C@@H](CC[C@H](C)Cc1ccccc1)CO[Si](c1ccccc1)(c1ccccc1)C(C)(C)C. The molecule has 0 aliphatic rings. The van der Waals surface area contributed by atoms with Crippen LogP contribution in [0, 0.1) is 11.8 Å². The highest BCUT2D eigenvalue weighted by molar-refractivity contribution is 6.99. The van der Waals surface area contributed by atoms with Crippen molar-refractivity contribution in [2.45, 2.75) is 58.9 Å². The van der Waals surface area contributed by atoms with E-state index in [1.54, 1.807) is 0 Å². The van der Waals surface area contributed by atoms with Crippen LogP contribution in [-0.4, -0.2) is 14.9 Å². The first-order chi connectivity index (χ1) is 15.3. The molecule has 0 aromatic heterocycles. The number of benzene rings is 3. The lowest BCUT2D eigenvalue weighted by Crippen LogP contribution is -2.66. The molecule has 0 radical (unpaired) electrons. The third-order valence-corrected chi connectivity index (χ3v) is 11.6. The minimum atomic E-state index is -2.43. The van der Waals surface area contributed by atoms with Crippen molar-refractivity contribution in [1.29, 1.82) is 0 Å². The van der Waals surface area contributed by atoms with Gasteiger partial charge in [0, 0.05) is 6.61 Å². The van der Waals surface area contributed by atoms with Gasteiger partial charge in [-0.15, -0.1) is 0 Å². The molecule has 0 fully saturated rings. The maximum atomic E-state index is 7.12. The number of rotatable bonds is 10. The van der Waals surface area contributed by atoms with Crippen LogP contribution >= 0.6 is 0 Å². The van der Waals surface area contributed by atoms with Gasteiger partial charge >= 0.3 is 0 Å². The van der Waals surface area contributed by atoms with Gasteiger partial charge in [0.25, 0.3) is 8.32 Å². The molecule has 0 aliphatic heterocycles. The molecule has 0 unspecified atom stereocenters. The lowest BCUT2D eigenvalue weighted by molar-refractivity contribution is 0.230. The molecule has 3 rings (SSSR count). The predicted octanol–water partition coefficient (Wildman–Crippen LogP) is 6.86. The van der Waals surface area contributed by atoms with Gasteiger partial charge in [-0.05, 0) is 45.7 Å². The molecule has 0 N–H and O–H groups in total. The minimum absolute atomic E-state index is 0.0377. The topological polar surface area (TPSA) is 9.23 Å². The van der Waals surface area contributed by atoms with Crippen molar-refractivity contribution < 1.29 is 4.43 Å². The maximum absolute atomic E-state index is 7.12. The Kier molecular flexibility index (Phi) is 8.50. The summed E-state index contributed by atoms with van der Waals surface area (Å²) >= 11 is 0. The molecule has 0 saturated carbocycles. The Hall–Kier alpha value is -2.16. The highest BCUT2D eigenvalue weighted by Gasteiger charge is 2.50. The highest BCUT2D eigenvalue weighted by Crippen LogP contribution is 2.37. The van der Waals surface area contributed by atoms with E-state index < -0.39 is 8.32 Å². The van der Waals surface area contributed by atoms with Crippen LogP contribution in [-0.2, 0) is 10.8 Å². The Labute approximate surface area is 197 Å². The average Bonchev–Trinajstić information content (AvgIpc) is 2.79. The fourth-order valence-electron chi connectivity index (χ4n) is 4.80. The van der Waals surface area contributed by atoms with Gasteiger partial charge in [-0.3, -0.25) is 0 Å². The second-order valence-corrected chi connectivity index (χ2v) is 14.8. The third-order valence-electron chi connectivity index (χ3n) is 6.58. The van der Waals surface area contributed by atoms with Crippen LogP contribution in [0.5, 0.6) is 0 Å². The first-order valence-corrected chi connectivity index (χ1v) is 14.0. The third kappa shape index (κ3) is 5.99. The normalized spacial score (nSPS) is 14.2. The summed E-state index contributed by atoms with van der Waals surface area (Å²) in [5.41, 5.74) is 1.44. The fourth-order valence-corrected chi connectivity index (χ4v) is 9.49. The van der Waals surface area contributed by atoms with Gasteiger partial charge < -0.3 is 4.43 Å². The average molecular weight is 445 g/mol. The molecule has 170 valence electrons. The monoisotopic (exact) mass is 444 g/mol. The molecule has 0 aliphatic carbocycles. The molecule has 2 atom stereocenters. The van der Waals surface area contributed by atoms with E-state index in [-0.39, 0.29) is 5.04 Å². The van der Waals surface area contributed by atoms with Crippen LogP contribution in [0.1, 0.15) is 53.0 Å². The van der Waals surface area contributed by atoms with Gasteiger partial charge in [-0.1, -0.05) is 132 Å². The van der Waals surface area contributed by atoms with Crippen molar-refractivity contribution in [3.8, 4) is 0 Å². The van der Waals surface area contributed by atoms with Gasteiger partial charge in [0.05, 0.1) is 0 Å². The Balaban J connectivity index is 1.73. The van der Waals surface area contributed by atoms with E-state index in [1.807, 2.05) is 0 Å². The van der Waals surface area contributed by atoms with E-state index >= 15 is 0 Å². The van der Waals surface area contributed by atoms with Crippen LogP contribution in [0.2, 0.25) is 5.04 Å². The van der Waals surface area contributed by atoms with Gasteiger partial charge in [-0.2, -0.15) is 0 Å². The van der Waals surface area contributed by atoms with E-state index in [0.29, 0.717) is 11.8 Å². The fraction of sp³-hybridized carbons (Fsp3) is 0.400. The largest absolute Gasteiger partial charge is 0.407 e. The zero-order valence-corrected chi connectivity index (χ0v) is 21.6. The van der Waals surface area contributed by atoms with Crippen molar-refractivity contribution >= 4 is 18.7 Å². The molecule has 32 heavy (non-hydrogen) atoms. The summed E-state index contributed by atoms with van der Waals surface area (Å²) in [7, 11) is -2.43. The molecule has 0 bridgehead atoms. The van der Waals surface area contributed by atoms with E-state index in [4.69, 9.17) is 4.43 Å². The predicted molar refractivity (Wildman–Crippen MR) is 141 cm³/mol. The van der Waals surface area contributed by atoms with Gasteiger partial charge in [0.1, 0.15) is 0 Å². The highest BCUT2D eigenvalue weighted by atomic mass is 28.4. The molecular formula is C30H40OSi. The van der Waals surface area contributed by atoms with E-state index in [2.05, 4.69) is 126 Å². The van der Waals surface area contributed by atoms with Crippen LogP contribution in [0.4, 0.5) is 0 Å². The lowest BCUT2D eigenvalue weighted by atomic mass is 9.93. The Morgan fingerprint density at radius 1 is 0.656 bits per heavy atom. The summed E-state index contributed by atoms with van der Waals surface area (Å²) < 4.78 is 7.12. The Morgan fingerprint density at radius 3 is 1.56 bits per heavy atom. The molecule has 3 aromatic rings. The van der Waals surface area contributed by atoms with Crippen LogP contribution < -0.4 is 10.4 Å². The summed E-state index contributed by atoms with van der Waals surface area (Å²) in [5, 5.41) is 2.77. The molecule has 0 spiro atoms. The standard InChI is InChI=1S/C30H40OSi/c1-25(23-27-15-9-6-10-16-27)21-22-26(2)24-31-32(30(3,4)5,28-17-11-7-12-18-28)29-19-13-8-14-20-29/h6-20,25-26H,21-24H2,1-5H3/t25-,26-/m0/s1. The van der Waals surface area contributed by atoms with Crippen LogP contribution in [0.3, 0.4) is 0 Å². The zero-order chi connectivity index (χ0) is 23.0. The first kappa shape index (κ1) is 24.5. The van der Waals surface area contributed by atoms with Gasteiger partial charge in [0.2, 0.25) is 0 Å². The van der Waals surface area contributed by atoms with E-state index in [9.17, 15) is 0 Å². The summed E-state index contributed by atoms with van der Waals surface area (Å²) in [6, 6.07) is 32.8. The molecule has 2 heteroatoms.